The number of fused-ring (bicyclic) bond motifs is 3. The van der Waals surface area contributed by atoms with E-state index in [0.717, 1.165) is 11.1 Å². The van der Waals surface area contributed by atoms with Crippen molar-refractivity contribution in [2.45, 2.75) is 24.8 Å². The molecular weight excluding hydrogens is 468 g/mol. The Kier molecular flexibility index (Phi) is 6.17. The third-order valence-electron chi connectivity index (χ3n) is 6.65. The van der Waals surface area contributed by atoms with Gasteiger partial charge in [-0.2, -0.15) is 0 Å². The van der Waals surface area contributed by atoms with Crippen molar-refractivity contribution in [2.75, 3.05) is 11.9 Å². The van der Waals surface area contributed by atoms with Crippen LogP contribution in [0.5, 0.6) is 0 Å². The van der Waals surface area contributed by atoms with Gasteiger partial charge in [-0.05, 0) is 53.3 Å². The summed E-state index contributed by atoms with van der Waals surface area (Å²) in [5, 5.41) is 14.7. The third-order valence-corrected chi connectivity index (χ3v) is 6.96. The Labute approximate surface area is 207 Å². The van der Waals surface area contributed by atoms with E-state index >= 15 is 0 Å². The Morgan fingerprint density at radius 2 is 1.57 bits per heavy atom. The number of carboxylic acids is 1. The molecule has 0 aliphatic heterocycles. The molecule has 5 rings (SSSR count). The van der Waals surface area contributed by atoms with E-state index < -0.39 is 12.1 Å². The predicted octanol–water partition coefficient (Wildman–Crippen LogP) is 5.29. The van der Waals surface area contributed by atoms with Crippen LogP contribution in [-0.4, -0.2) is 35.7 Å². The van der Waals surface area contributed by atoms with Gasteiger partial charge in [0.05, 0.1) is 16.3 Å². The fourth-order valence-corrected chi connectivity index (χ4v) is 4.97. The molecule has 0 unspecified atom stereocenters. The maximum Gasteiger partial charge on any atom is 0.407 e. The number of benzene rings is 3. The first kappa shape index (κ1) is 22.9. The number of ether oxygens (including phenoxy) is 1. The first-order chi connectivity index (χ1) is 16.9. The molecule has 2 aliphatic carbocycles. The van der Waals surface area contributed by atoms with Crippen molar-refractivity contribution in [1.82, 2.24) is 5.32 Å². The van der Waals surface area contributed by atoms with E-state index in [1.54, 1.807) is 0 Å². The van der Waals surface area contributed by atoms with Gasteiger partial charge in [0.2, 0.25) is 5.91 Å². The quantitative estimate of drug-likeness (QED) is 0.435. The molecule has 0 aromatic heterocycles. The monoisotopic (exact) mass is 490 g/mol. The van der Waals surface area contributed by atoms with Gasteiger partial charge in [0, 0.05) is 17.9 Å². The van der Waals surface area contributed by atoms with Crippen LogP contribution < -0.4 is 10.6 Å². The molecule has 178 valence electrons. The number of hydrogen-bond donors (Lipinski definition) is 3. The summed E-state index contributed by atoms with van der Waals surface area (Å²) in [4.78, 5) is 35.9. The number of alkyl carbamates (subject to hydrolysis) is 1. The molecule has 1 saturated carbocycles. The lowest BCUT2D eigenvalue weighted by Crippen LogP contribution is -2.48. The molecule has 0 atom stereocenters. The first-order valence-corrected chi connectivity index (χ1v) is 11.7. The summed E-state index contributed by atoms with van der Waals surface area (Å²) in [6, 6.07) is 20.3. The van der Waals surface area contributed by atoms with E-state index in [0.29, 0.717) is 18.5 Å². The molecule has 0 bridgehead atoms. The highest BCUT2D eigenvalue weighted by molar-refractivity contribution is 6.34. The number of rotatable bonds is 6. The summed E-state index contributed by atoms with van der Waals surface area (Å²) in [6.07, 6.45) is 0.477. The topological polar surface area (TPSA) is 105 Å². The minimum atomic E-state index is -1.09. The molecule has 0 saturated heterocycles. The number of carbonyl (C=O) groups excluding carboxylic acids is 2. The molecule has 0 heterocycles. The number of carbonyl (C=O) groups is 3. The fourth-order valence-electron chi connectivity index (χ4n) is 4.74. The zero-order chi connectivity index (χ0) is 24.5. The Balaban J connectivity index is 1.11. The highest BCUT2D eigenvalue weighted by Crippen LogP contribution is 2.44. The summed E-state index contributed by atoms with van der Waals surface area (Å²) < 4.78 is 5.57. The summed E-state index contributed by atoms with van der Waals surface area (Å²) in [5.74, 6) is -1.60. The van der Waals surface area contributed by atoms with Crippen molar-refractivity contribution in [3.63, 3.8) is 0 Å². The van der Waals surface area contributed by atoms with Crippen LogP contribution in [0.1, 0.15) is 40.2 Å². The maximum absolute atomic E-state index is 12.5. The molecule has 8 heteroatoms. The third kappa shape index (κ3) is 4.59. The van der Waals surface area contributed by atoms with Gasteiger partial charge in [-0.15, -0.1) is 0 Å². The summed E-state index contributed by atoms with van der Waals surface area (Å²) in [7, 11) is 0. The maximum atomic E-state index is 12.5. The Morgan fingerprint density at radius 1 is 0.943 bits per heavy atom. The van der Waals surface area contributed by atoms with Crippen LogP contribution >= 0.6 is 11.6 Å². The van der Waals surface area contributed by atoms with Crippen LogP contribution in [-0.2, 0) is 9.53 Å². The first-order valence-electron chi connectivity index (χ1n) is 11.4. The second-order valence-corrected chi connectivity index (χ2v) is 9.23. The molecule has 0 spiro atoms. The molecule has 3 aromatic rings. The minimum absolute atomic E-state index is 0.00895. The molecule has 3 aromatic carbocycles. The van der Waals surface area contributed by atoms with E-state index in [9.17, 15) is 14.4 Å². The molecule has 0 radical (unpaired) electrons. The molecule has 2 amide bonds. The minimum Gasteiger partial charge on any atom is -0.478 e. The predicted molar refractivity (Wildman–Crippen MR) is 132 cm³/mol. The molecule has 3 N–H and O–H groups in total. The number of halogens is 1. The number of aromatic carboxylic acids is 1. The van der Waals surface area contributed by atoms with Gasteiger partial charge in [-0.3, -0.25) is 4.79 Å². The van der Waals surface area contributed by atoms with Crippen LogP contribution in [0.2, 0.25) is 5.02 Å². The van der Waals surface area contributed by atoms with Crippen LogP contribution in [0.25, 0.3) is 11.1 Å². The largest absolute Gasteiger partial charge is 0.478 e. The smallest absolute Gasteiger partial charge is 0.407 e. The standard InChI is InChI=1S/C27H23ClN2O5/c28-23-13-15(26(32)33)9-10-24(23)30-25(31)16-11-17(12-16)29-27(34)35-14-22-20-7-3-1-5-18(20)19-6-2-4-8-21(19)22/h1-10,13,16-17,22H,11-12,14H2,(H,29,34)(H,30,31)(H,32,33). The zero-order valence-corrected chi connectivity index (χ0v) is 19.4. The lowest BCUT2D eigenvalue weighted by Gasteiger charge is -2.34. The molecule has 2 aliphatic rings. The summed E-state index contributed by atoms with van der Waals surface area (Å²) >= 11 is 6.08. The highest BCUT2D eigenvalue weighted by atomic mass is 35.5. The average Bonchev–Trinajstić information content (AvgIpc) is 3.14. The number of amides is 2. The normalized spacial score (nSPS) is 18.1. The van der Waals surface area contributed by atoms with Crippen molar-refractivity contribution in [3.8, 4) is 11.1 Å². The van der Waals surface area contributed by atoms with Crippen molar-refractivity contribution in [1.29, 1.82) is 0 Å². The van der Waals surface area contributed by atoms with E-state index in [1.807, 2.05) is 24.3 Å². The van der Waals surface area contributed by atoms with Crippen LogP contribution in [0, 0.1) is 5.92 Å². The SMILES string of the molecule is O=C(NC1CC(C(=O)Nc2ccc(C(=O)O)cc2Cl)C1)OCC1c2ccccc2-c2ccccc21. The second kappa shape index (κ2) is 9.43. The molecular formula is C27H23ClN2O5. The van der Waals surface area contributed by atoms with Crippen LogP contribution in [0.3, 0.4) is 0 Å². The van der Waals surface area contributed by atoms with Crippen molar-refractivity contribution < 1.29 is 24.2 Å². The van der Waals surface area contributed by atoms with Crippen LogP contribution in [0.4, 0.5) is 10.5 Å². The zero-order valence-electron chi connectivity index (χ0n) is 18.7. The lowest BCUT2D eigenvalue weighted by molar-refractivity contribution is -0.122. The van der Waals surface area contributed by atoms with E-state index in [1.165, 1.54) is 29.3 Å². The summed E-state index contributed by atoms with van der Waals surface area (Å²) in [6.45, 7) is 0.237. The fraction of sp³-hybridized carbons (Fsp3) is 0.222. The van der Waals surface area contributed by atoms with Gasteiger partial charge in [-0.1, -0.05) is 60.1 Å². The Hall–Kier alpha value is -3.84. The second-order valence-electron chi connectivity index (χ2n) is 8.82. The van der Waals surface area contributed by atoms with Gasteiger partial charge >= 0.3 is 12.1 Å². The van der Waals surface area contributed by atoms with Crippen molar-refractivity contribution >= 4 is 35.3 Å². The Morgan fingerprint density at radius 3 is 2.17 bits per heavy atom. The Bertz CT molecular complexity index is 1270. The van der Waals surface area contributed by atoms with E-state index in [-0.39, 0.29) is 41.0 Å². The van der Waals surface area contributed by atoms with E-state index in [4.69, 9.17) is 21.4 Å². The average molecular weight is 491 g/mol. The molecule has 35 heavy (non-hydrogen) atoms. The van der Waals surface area contributed by atoms with Gasteiger partial charge in [0.25, 0.3) is 0 Å². The summed E-state index contributed by atoms with van der Waals surface area (Å²) in [5.41, 5.74) is 5.04. The van der Waals surface area contributed by atoms with Gasteiger partial charge in [0.1, 0.15) is 6.61 Å². The number of nitrogens with one attached hydrogen (secondary N) is 2. The molecule has 7 nitrogen and oxygen atoms in total. The highest BCUT2D eigenvalue weighted by Gasteiger charge is 2.36. The number of anilines is 1. The van der Waals surface area contributed by atoms with Gasteiger partial charge in [0.15, 0.2) is 0 Å². The van der Waals surface area contributed by atoms with Crippen LogP contribution in [0.15, 0.2) is 66.7 Å². The number of carboxylic acid groups (broad SMARTS) is 1. The van der Waals surface area contributed by atoms with Gasteiger partial charge < -0.3 is 20.5 Å². The lowest BCUT2D eigenvalue weighted by atomic mass is 9.79. The van der Waals surface area contributed by atoms with Crippen molar-refractivity contribution in [2.24, 2.45) is 5.92 Å². The number of hydrogen-bond acceptors (Lipinski definition) is 4. The molecule has 1 fully saturated rings. The van der Waals surface area contributed by atoms with Crippen molar-refractivity contribution in [3.05, 3.63) is 88.4 Å². The van der Waals surface area contributed by atoms with Gasteiger partial charge in [-0.25, -0.2) is 9.59 Å². The van der Waals surface area contributed by atoms with E-state index in [2.05, 4.69) is 34.9 Å².